The number of ether oxygens (including phenoxy) is 1. The van der Waals surface area contributed by atoms with Crippen LogP contribution in [0.25, 0.3) is 0 Å². The van der Waals surface area contributed by atoms with Crippen LogP contribution in [-0.4, -0.2) is 18.7 Å². The summed E-state index contributed by atoms with van der Waals surface area (Å²) >= 11 is 0. The van der Waals surface area contributed by atoms with Crippen LogP contribution in [0.4, 0.5) is 0 Å². The molecule has 4 rings (SSSR count). The van der Waals surface area contributed by atoms with Crippen LogP contribution in [0, 0.1) is 0 Å². The SMILES string of the molecule is O=C1C=C(C[P+](c2ccccc2)(c2ccccc2)c2ccccc2)CO1.[Br-]. The van der Waals surface area contributed by atoms with Crippen LogP contribution < -0.4 is 32.9 Å². The highest BCUT2D eigenvalue weighted by Gasteiger charge is 2.46. The molecule has 3 aromatic rings. The van der Waals surface area contributed by atoms with Crippen molar-refractivity contribution < 1.29 is 26.5 Å². The molecule has 0 radical (unpaired) electrons. The van der Waals surface area contributed by atoms with Crippen LogP contribution >= 0.6 is 7.26 Å². The number of rotatable bonds is 5. The number of esters is 1. The van der Waals surface area contributed by atoms with Crippen molar-refractivity contribution in [1.29, 1.82) is 0 Å². The molecule has 1 aliphatic heterocycles. The zero-order valence-electron chi connectivity index (χ0n) is 14.8. The molecule has 0 amide bonds. The van der Waals surface area contributed by atoms with Gasteiger partial charge < -0.3 is 21.7 Å². The van der Waals surface area contributed by atoms with Crippen LogP contribution in [-0.2, 0) is 9.53 Å². The van der Waals surface area contributed by atoms with E-state index in [-0.39, 0.29) is 23.0 Å². The first-order valence-corrected chi connectivity index (χ1v) is 10.7. The third kappa shape index (κ3) is 3.90. The maximum absolute atomic E-state index is 11.7. The zero-order valence-corrected chi connectivity index (χ0v) is 17.3. The van der Waals surface area contributed by atoms with Gasteiger partial charge in [0.2, 0.25) is 0 Å². The fourth-order valence-electron chi connectivity index (χ4n) is 3.58. The lowest BCUT2D eigenvalue weighted by Gasteiger charge is -2.27. The number of benzene rings is 3. The summed E-state index contributed by atoms with van der Waals surface area (Å²) in [6, 6.07) is 32.0. The molecule has 4 heteroatoms. The van der Waals surface area contributed by atoms with Gasteiger partial charge >= 0.3 is 5.97 Å². The number of halogens is 1. The van der Waals surface area contributed by atoms with Gasteiger partial charge in [-0.2, -0.15) is 0 Å². The molecule has 1 heterocycles. The molecule has 0 spiro atoms. The minimum Gasteiger partial charge on any atom is -1.00 e. The predicted molar refractivity (Wildman–Crippen MR) is 109 cm³/mol. The van der Waals surface area contributed by atoms with E-state index in [9.17, 15) is 4.79 Å². The van der Waals surface area contributed by atoms with Gasteiger partial charge in [-0.05, 0) is 36.4 Å². The molecule has 0 aliphatic carbocycles. The molecule has 1 aliphatic rings. The molecule has 0 unspecified atom stereocenters. The third-order valence-electron chi connectivity index (χ3n) is 4.75. The third-order valence-corrected chi connectivity index (χ3v) is 9.17. The van der Waals surface area contributed by atoms with Gasteiger partial charge in [0.1, 0.15) is 29.8 Å². The van der Waals surface area contributed by atoms with E-state index in [1.807, 2.05) is 0 Å². The van der Waals surface area contributed by atoms with Crippen molar-refractivity contribution in [3.05, 3.63) is 103 Å². The Hall–Kier alpha value is -2.22. The second kappa shape index (κ2) is 8.65. The Morgan fingerprint density at radius 3 is 1.44 bits per heavy atom. The highest BCUT2D eigenvalue weighted by atomic mass is 79.9. The second-order valence-electron chi connectivity index (χ2n) is 6.38. The lowest BCUT2D eigenvalue weighted by molar-refractivity contribution is -0.134. The number of carbonyl (C=O) groups excluding carboxylic acids is 1. The normalized spacial score (nSPS) is 13.5. The summed E-state index contributed by atoms with van der Waals surface area (Å²) in [5.74, 6) is -0.229. The summed E-state index contributed by atoms with van der Waals surface area (Å²) in [4.78, 5) is 11.7. The molecule has 0 aromatic heterocycles. The maximum atomic E-state index is 11.7. The first-order valence-electron chi connectivity index (χ1n) is 8.70. The lowest BCUT2D eigenvalue weighted by atomic mass is 10.3. The van der Waals surface area contributed by atoms with Crippen LogP contribution in [0.5, 0.6) is 0 Å². The van der Waals surface area contributed by atoms with Gasteiger partial charge in [-0.25, -0.2) is 4.79 Å². The Labute approximate surface area is 171 Å². The van der Waals surface area contributed by atoms with E-state index < -0.39 is 7.26 Å². The van der Waals surface area contributed by atoms with Crippen molar-refractivity contribution in [2.75, 3.05) is 12.8 Å². The molecule has 0 N–H and O–H groups in total. The van der Waals surface area contributed by atoms with Crippen LogP contribution in [0.15, 0.2) is 103 Å². The average Bonchev–Trinajstić information content (AvgIpc) is 3.13. The maximum Gasteiger partial charge on any atom is 0.331 e. The molecule has 136 valence electrons. The number of hydrogen-bond donors (Lipinski definition) is 0. The Kier molecular flexibility index (Phi) is 6.26. The van der Waals surface area contributed by atoms with Gasteiger partial charge in [0.25, 0.3) is 0 Å². The van der Waals surface area contributed by atoms with Gasteiger partial charge in [0.15, 0.2) is 0 Å². The van der Waals surface area contributed by atoms with Gasteiger partial charge in [-0.15, -0.1) is 0 Å². The fourth-order valence-corrected chi connectivity index (χ4v) is 7.86. The largest absolute Gasteiger partial charge is 1.00 e. The molecule has 2 nitrogen and oxygen atoms in total. The lowest BCUT2D eigenvalue weighted by Crippen LogP contribution is -3.00. The van der Waals surface area contributed by atoms with Crippen molar-refractivity contribution in [3.8, 4) is 0 Å². The topological polar surface area (TPSA) is 26.3 Å². The molecule has 27 heavy (non-hydrogen) atoms. The van der Waals surface area contributed by atoms with Crippen molar-refractivity contribution in [2.24, 2.45) is 0 Å². The minimum absolute atomic E-state index is 0. The highest BCUT2D eigenvalue weighted by molar-refractivity contribution is 7.95. The standard InChI is InChI=1S/C23H20O2P.BrH/c24-23-16-19(17-25-23)18-26(20-10-4-1-5-11-20,21-12-6-2-7-13-21)22-14-8-3-9-15-22;/h1-16H,17-18H2;1H/q+1;/p-1. The Bertz CT molecular complexity index is 828. The summed E-state index contributed by atoms with van der Waals surface area (Å²) in [7, 11) is -1.93. The quantitative estimate of drug-likeness (QED) is 0.427. The van der Waals surface area contributed by atoms with Crippen LogP contribution in [0.2, 0.25) is 0 Å². The smallest absolute Gasteiger partial charge is 0.331 e. The van der Waals surface area contributed by atoms with Gasteiger partial charge in [0.05, 0.1) is 6.16 Å². The molecule has 0 saturated carbocycles. The molecule has 0 bridgehead atoms. The number of carbonyl (C=O) groups is 1. The van der Waals surface area contributed by atoms with Crippen molar-refractivity contribution in [3.63, 3.8) is 0 Å². The molecule has 0 atom stereocenters. The average molecular weight is 439 g/mol. The highest BCUT2D eigenvalue weighted by Crippen LogP contribution is 2.56. The first kappa shape index (κ1) is 19.5. The fraction of sp³-hybridized carbons (Fsp3) is 0.0870. The molecular formula is C23H20BrO2P. The predicted octanol–water partition coefficient (Wildman–Crippen LogP) is 0.468. The van der Waals surface area contributed by atoms with Crippen molar-refractivity contribution in [2.45, 2.75) is 0 Å². The summed E-state index contributed by atoms with van der Waals surface area (Å²) in [6.07, 6.45) is 2.49. The van der Waals surface area contributed by atoms with Gasteiger partial charge in [-0.1, -0.05) is 54.6 Å². The zero-order chi connectivity index (χ0) is 17.8. The van der Waals surface area contributed by atoms with Gasteiger partial charge in [0, 0.05) is 11.6 Å². The van der Waals surface area contributed by atoms with E-state index in [2.05, 4.69) is 91.0 Å². The summed E-state index contributed by atoms with van der Waals surface area (Å²) in [6.45, 7) is 0.396. The summed E-state index contributed by atoms with van der Waals surface area (Å²) in [5.41, 5.74) is 1.07. The monoisotopic (exact) mass is 438 g/mol. The van der Waals surface area contributed by atoms with Gasteiger partial charge in [-0.3, -0.25) is 0 Å². The van der Waals surface area contributed by atoms with Crippen LogP contribution in [0.3, 0.4) is 0 Å². The Balaban J connectivity index is 0.00000210. The number of cyclic esters (lactones) is 1. The van der Waals surface area contributed by atoms with Crippen molar-refractivity contribution in [1.82, 2.24) is 0 Å². The molecular weight excluding hydrogens is 419 g/mol. The van der Waals surface area contributed by atoms with Crippen LogP contribution in [0.1, 0.15) is 0 Å². The van der Waals surface area contributed by atoms with E-state index in [1.54, 1.807) is 6.08 Å². The second-order valence-corrected chi connectivity index (χ2v) is 9.87. The van der Waals surface area contributed by atoms with E-state index in [1.165, 1.54) is 15.9 Å². The first-order chi connectivity index (χ1) is 12.8. The Morgan fingerprint density at radius 1 is 0.704 bits per heavy atom. The summed E-state index contributed by atoms with van der Waals surface area (Å²) in [5, 5.41) is 3.95. The van der Waals surface area contributed by atoms with E-state index in [4.69, 9.17) is 4.74 Å². The minimum atomic E-state index is -1.93. The molecule has 0 fully saturated rings. The van der Waals surface area contributed by atoms with Crippen molar-refractivity contribution >= 4 is 29.1 Å². The number of hydrogen-bond acceptors (Lipinski definition) is 2. The van der Waals surface area contributed by atoms with E-state index in [0.717, 1.165) is 11.7 Å². The molecule has 0 saturated heterocycles. The molecule has 3 aromatic carbocycles. The Morgan fingerprint density at radius 2 is 1.11 bits per heavy atom. The van der Waals surface area contributed by atoms with E-state index >= 15 is 0 Å². The summed E-state index contributed by atoms with van der Waals surface area (Å²) < 4.78 is 5.21. The van der Waals surface area contributed by atoms with E-state index in [0.29, 0.717) is 6.61 Å².